The minimum atomic E-state index is 0.469. The topological polar surface area (TPSA) is 49.8 Å². The van der Waals surface area contributed by atoms with Crippen molar-refractivity contribution in [3.63, 3.8) is 0 Å². The second kappa shape index (κ2) is 7.99. The lowest BCUT2D eigenvalue weighted by Crippen LogP contribution is -2.08. The fraction of sp³-hybridized carbons (Fsp3) is 0.111. The van der Waals surface area contributed by atoms with Gasteiger partial charge in [0.05, 0.1) is 15.7 Å². The summed E-state index contributed by atoms with van der Waals surface area (Å²) in [6, 6.07) is 17.5. The molecule has 0 amide bonds. The molecule has 1 heterocycles. The van der Waals surface area contributed by atoms with Gasteiger partial charge >= 0.3 is 0 Å². The highest BCUT2D eigenvalue weighted by molar-refractivity contribution is 6.43. The molecule has 0 radical (unpaired) electrons. The number of nitrogens with zero attached hydrogens (tertiary/aromatic N) is 2. The van der Waals surface area contributed by atoms with Gasteiger partial charge in [0.15, 0.2) is 0 Å². The van der Waals surface area contributed by atoms with Crippen LogP contribution >= 0.6 is 23.2 Å². The van der Waals surface area contributed by atoms with Crippen LogP contribution in [0.2, 0.25) is 10.0 Å². The van der Waals surface area contributed by atoms with Crippen LogP contribution in [0.15, 0.2) is 60.8 Å². The molecule has 0 saturated heterocycles. The maximum atomic E-state index is 6.18. The van der Waals surface area contributed by atoms with Crippen LogP contribution in [0.4, 0.5) is 17.5 Å². The van der Waals surface area contributed by atoms with Gasteiger partial charge in [-0.15, -0.1) is 0 Å². The quantitative estimate of drug-likeness (QED) is 0.637. The molecule has 0 unspecified atom stereocenters. The summed E-state index contributed by atoms with van der Waals surface area (Å²) in [6.07, 6.45) is 2.60. The van der Waals surface area contributed by atoms with E-state index in [-0.39, 0.29) is 0 Å². The van der Waals surface area contributed by atoms with E-state index >= 15 is 0 Å². The first-order valence-corrected chi connectivity index (χ1v) is 8.30. The molecule has 0 bridgehead atoms. The molecule has 0 spiro atoms. The molecule has 0 aliphatic carbocycles. The molecule has 2 N–H and O–H groups in total. The van der Waals surface area contributed by atoms with Crippen molar-refractivity contribution in [1.82, 2.24) is 9.97 Å². The van der Waals surface area contributed by atoms with Crippen molar-refractivity contribution in [3.05, 3.63) is 76.4 Å². The van der Waals surface area contributed by atoms with Crippen LogP contribution in [0.3, 0.4) is 0 Å². The zero-order valence-electron chi connectivity index (χ0n) is 12.8. The Hall–Kier alpha value is -2.30. The fourth-order valence-electron chi connectivity index (χ4n) is 2.22. The number of halogens is 2. The van der Waals surface area contributed by atoms with E-state index in [0.29, 0.717) is 27.5 Å². The number of hydrogen-bond acceptors (Lipinski definition) is 4. The van der Waals surface area contributed by atoms with E-state index in [0.717, 1.165) is 13.0 Å². The predicted molar refractivity (Wildman–Crippen MR) is 100 cm³/mol. The molecule has 3 rings (SSSR count). The molecule has 2 aromatic carbocycles. The minimum absolute atomic E-state index is 0.469. The SMILES string of the molecule is Clc1cccc(Nc2ccnc(NCCc3ccccc3)n2)c1Cl. The van der Waals surface area contributed by atoms with E-state index < -0.39 is 0 Å². The Morgan fingerprint density at radius 1 is 0.917 bits per heavy atom. The van der Waals surface area contributed by atoms with Crippen LogP contribution in [0.5, 0.6) is 0 Å². The monoisotopic (exact) mass is 358 g/mol. The Morgan fingerprint density at radius 3 is 2.58 bits per heavy atom. The summed E-state index contributed by atoms with van der Waals surface area (Å²) in [7, 11) is 0. The highest BCUT2D eigenvalue weighted by Gasteiger charge is 2.06. The molecular formula is C18H16Cl2N4. The van der Waals surface area contributed by atoms with Gasteiger partial charge in [-0.25, -0.2) is 4.98 Å². The molecule has 6 heteroatoms. The van der Waals surface area contributed by atoms with Gasteiger partial charge < -0.3 is 10.6 Å². The Labute approximate surface area is 150 Å². The number of anilines is 3. The number of benzene rings is 2. The summed E-state index contributed by atoms with van der Waals surface area (Å²) in [4.78, 5) is 8.67. The average molecular weight is 359 g/mol. The highest BCUT2D eigenvalue weighted by atomic mass is 35.5. The van der Waals surface area contributed by atoms with E-state index in [1.165, 1.54) is 5.56 Å². The molecule has 24 heavy (non-hydrogen) atoms. The third kappa shape index (κ3) is 4.37. The maximum absolute atomic E-state index is 6.18. The molecule has 0 aliphatic rings. The third-order valence-electron chi connectivity index (χ3n) is 3.41. The fourth-order valence-corrected chi connectivity index (χ4v) is 2.56. The standard InChI is InChI=1S/C18H16Cl2N4/c19-14-7-4-8-15(17(14)20)23-16-10-12-22-18(24-16)21-11-9-13-5-2-1-3-6-13/h1-8,10,12H,9,11H2,(H2,21,22,23,24). The Bertz CT molecular complexity index is 809. The molecule has 0 fully saturated rings. The molecule has 3 aromatic rings. The van der Waals surface area contributed by atoms with Gasteiger partial charge in [0, 0.05) is 12.7 Å². The zero-order chi connectivity index (χ0) is 16.8. The van der Waals surface area contributed by atoms with Crippen LogP contribution in [0.25, 0.3) is 0 Å². The van der Waals surface area contributed by atoms with Gasteiger partial charge in [0.2, 0.25) is 5.95 Å². The first-order chi connectivity index (χ1) is 11.7. The second-order valence-electron chi connectivity index (χ2n) is 5.15. The van der Waals surface area contributed by atoms with Gasteiger partial charge in [-0.1, -0.05) is 59.6 Å². The molecule has 1 aromatic heterocycles. The zero-order valence-corrected chi connectivity index (χ0v) is 14.3. The molecule has 0 atom stereocenters. The van der Waals surface area contributed by atoms with E-state index in [9.17, 15) is 0 Å². The third-order valence-corrected chi connectivity index (χ3v) is 4.23. The summed E-state index contributed by atoms with van der Waals surface area (Å²) in [6.45, 7) is 0.755. The Kier molecular flexibility index (Phi) is 5.51. The van der Waals surface area contributed by atoms with Crippen molar-refractivity contribution in [2.75, 3.05) is 17.2 Å². The van der Waals surface area contributed by atoms with Crippen LogP contribution in [-0.4, -0.2) is 16.5 Å². The molecule has 0 aliphatic heterocycles. The van der Waals surface area contributed by atoms with Gasteiger partial charge in [-0.2, -0.15) is 4.98 Å². The minimum Gasteiger partial charge on any atom is -0.354 e. The van der Waals surface area contributed by atoms with Crippen LogP contribution in [0, 0.1) is 0 Å². The van der Waals surface area contributed by atoms with Crippen LogP contribution in [-0.2, 0) is 6.42 Å². The summed E-state index contributed by atoms with van der Waals surface area (Å²) >= 11 is 12.2. The first-order valence-electron chi connectivity index (χ1n) is 7.54. The normalized spacial score (nSPS) is 10.4. The summed E-state index contributed by atoms with van der Waals surface area (Å²) in [5, 5.41) is 7.34. The largest absolute Gasteiger partial charge is 0.354 e. The predicted octanol–water partition coefficient (Wildman–Crippen LogP) is 5.18. The number of rotatable bonds is 6. The Morgan fingerprint density at radius 2 is 1.75 bits per heavy atom. The summed E-state index contributed by atoms with van der Waals surface area (Å²) < 4.78 is 0. The van der Waals surface area contributed by atoms with E-state index in [1.54, 1.807) is 18.3 Å². The van der Waals surface area contributed by atoms with E-state index in [4.69, 9.17) is 23.2 Å². The lowest BCUT2D eigenvalue weighted by molar-refractivity contribution is 0.985. The molecule has 0 saturated carbocycles. The maximum Gasteiger partial charge on any atom is 0.224 e. The van der Waals surface area contributed by atoms with Gasteiger partial charge in [-0.05, 0) is 30.2 Å². The number of nitrogens with one attached hydrogen (secondary N) is 2. The second-order valence-corrected chi connectivity index (χ2v) is 5.94. The summed E-state index contributed by atoms with van der Waals surface area (Å²) in [5.74, 6) is 1.21. The number of hydrogen-bond donors (Lipinski definition) is 2. The van der Waals surface area contributed by atoms with Crippen molar-refractivity contribution in [1.29, 1.82) is 0 Å². The van der Waals surface area contributed by atoms with E-state index in [2.05, 4.69) is 32.7 Å². The van der Waals surface area contributed by atoms with E-state index in [1.807, 2.05) is 30.3 Å². The van der Waals surface area contributed by atoms with Gasteiger partial charge in [0.1, 0.15) is 5.82 Å². The molecule has 4 nitrogen and oxygen atoms in total. The van der Waals surface area contributed by atoms with Crippen molar-refractivity contribution >= 4 is 40.7 Å². The van der Waals surface area contributed by atoms with Crippen LogP contribution in [0.1, 0.15) is 5.56 Å². The lowest BCUT2D eigenvalue weighted by Gasteiger charge is -2.10. The number of aromatic nitrogens is 2. The van der Waals surface area contributed by atoms with Crippen LogP contribution < -0.4 is 10.6 Å². The average Bonchev–Trinajstić information content (AvgIpc) is 2.60. The Balaban J connectivity index is 1.62. The molecular weight excluding hydrogens is 343 g/mol. The highest BCUT2D eigenvalue weighted by Crippen LogP contribution is 2.31. The summed E-state index contributed by atoms with van der Waals surface area (Å²) in [5.41, 5.74) is 1.98. The van der Waals surface area contributed by atoms with Gasteiger partial charge in [-0.3, -0.25) is 0 Å². The smallest absolute Gasteiger partial charge is 0.224 e. The lowest BCUT2D eigenvalue weighted by atomic mass is 10.1. The van der Waals surface area contributed by atoms with Gasteiger partial charge in [0.25, 0.3) is 0 Å². The van der Waals surface area contributed by atoms with Crippen molar-refractivity contribution in [3.8, 4) is 0 Å². The van der Waals surface area contributed by atoms with Crippen molar-refractivity contribution in [2.45, 2.75) is 6.42 Å². The van der Waals surface area contributed by atoms with Crippen molar-refractivity contribution in [2.24, 2.45) is 0 Å². The first kappa shape index (κ1) is 16.6. The van der Waals surface area contributed by atoms with Crippen molar-refractivity contribution < 1.29 is 0 Å². The molecule has 122 valence electrons.